The minimum atomic E-state index is -4.97. The largest absolute Gasteiger partial charge is 0.478 e. The molecule has 4 aromatic rings. The molecule has 0 aliphatic heterocycles. The summed E-state index contributed by atoms with van der Waals surface area (Å²) in [5.41, 5.74) is -1.33. The van der Waals surface area contributed by atoms with E-state index in [0.29, 0.717) is 46.3 Å². The van der Waals surface area contributed by atoms with Crippen LogP contribution in [0.5, 0.6) is 0 Å². The molecule has 0 spiro atoms. The molecule has 10 heteroatoms. The van der Waals surface area contributed by atoms with Gasteiger partial charge in [0.25, 0.3) is 0 Å². The number of aromatic nitrogens is 1. The minimum absolute atomic E-state index is 0.0755. The van der Waals surface area contributed by atoms with Crippen molar-refractivity contribution in [1.29, 1.82) is 0 Å². The Labute approximate surface area is 201 Å². The van der Waals surface area contributed by atoms with E-state index in [-0.39, 0.29) is 23.0 Å². The standard InChI is InChI=1S/C26H18F6N2O2/c1-2-21-23(33-18-12-16(25(27,28)29)11-17(13-18)26(30,31)32)20-6-4-3-5-19(20)22(34-21)14-7-9-15(10-8-14)24(35)36/h3-13,33H,2H2,1H3,(H,35,36). The molecular formula is C26H18F6N2O2. The number of halogens is 6. The number of nitrogens with zero attached hydrogens (tertiary/aromatic N) is 1. The Morgan fingerprint density at radius 3 is 1.92 bits per heavy atom. The zero-order valence-electron chi connectivity index (χ0n) is 18.6. The number of fused-ring (bicyclic) bond motifs is 1. The molecule has 4 rings (SSSR count). The van der Waals surface area contributed by atoms with Crippen LogP contribution in [-0.4, -0.2) is 16.1 Å². The van der Waals surface area contributed by atoms with Crippen molar-refractivity contribution < 1.29 is 36.2 Å². The lowest BCUT2D eigenvalue weighted by Gasteiger charge is -2.19. The van der Waals surface area contributed by atoms with E-state index in [9.17, 15) is 31.1 Å². The number of alkyl halides is 6. The minimum Gasteiger partial charge on any atom is -0.478 e. The highest BCUT2D eigenvalue weighted by atomic mass is 19.4. The molecule has 0 radical (unpaired) electrons. The van der Waals surface area contributed by atoms with Crippen molar-refractivity contribution in [3.63, 3.8) is 0 Å². The third-order valence-corrected chi connectivity index (χ3v) is 5.58. The molecule has 0 fully saturated rings. The average molecular weight is 504 g/mol. The summed E-state index contributed by atoms with van der Waals surface area (Å²) in [7, 11) is 0. The van der Waals surface area contributed by atoms with Crippen molar-refractivity contribution in [1.82, 2.24) is 4.98 Å². The molecule has 1 heterocycles. The van der Waals surface area contributed by atoms with Crippen molar-refractivity contribution in [2.24, 2.45) is 0 Å². The Hall–Kier alpha value is -4.08. The Bertz CT molecular complexity index is 1410. The van der Waals surface area contributed by atoms with E-state index in [0.717, 1.165) is 0 Å². The van der Waals surface area contributed by atoms with E-state index >= 15 is 0 Å². The van der Waals surface area contributed by atoms with Crippen LogP contribution in [0.25, 0.3) is 22.0 Å². The molecule has 4 nitrogen and oxygen atoms in total. The zero-order chi connectivity index (χ0) is 26.3. The first kappa shape index (κ1) is 25.0. The van der Waals surface area contributed by atoms with E-state index in [2.05, 4.69) is 10.3 Å². The zero-order valence-corrected chi connectivity index (χ0v) is 18.6. The number of pyridine rings is 1. The van der Waals surface area contributed by atoms with E-state index in [4.69, 9.17) is 5.11 Å². The highest BCUT2D eigenvalue weighted by Gasteiger charge is 2.37. The smallest absolute Gasteiger partial charge is 0.416 e. The third kappa shape index (κ3) is 4.98. The van der Waals surface area contributed by atoms with Crippen LogP contribution < -0.4 is 5.32 Å². The summed E-state index contributed by atoms with van der Waals surface area (Å²) in [6.45, 7) is 1.76. The monoisotopic (exact) mass is 504 g/mol. The van der Waals surface area contributed by atoms with Gasteiger partial charge in [0.1, 0.15) is 0 Å². The molecule has 0 aliphatic carbocycles. The summed E-state index contributed by atoms with van der Waals surface area (Å²) >= 11 is 0. The number of carboxylic acid groups (broad SMARTS) is 1. The number of carboxylic acids is 1. The fourth-order valence-electron chi connectivity index (χ4n) is 3.87. The lowest BCUT2D eigenvalue weighted by atomic mass is 9.99. The van der Waals surface area contributed by atoms with Crippen LogP contribution in [0.1, 0.15) is 34.1 Å². The van der Waals surface area contributed by atoms with Crippen LogP contribution in [-0.2, 0) is 18.8 Å². The number of aryl methyl sites for hydroxylation is 1. The molecule has 2 N–H and O–H groups in total. The number of nitrogens with one attached hydrogen (secondary N) is 1. The van der Waals surface area contributed by atoms with Crippen LogP contribution in [0.15, 0.2) is 66.7 Å². The number of rotatable bonds is 5. The maximum absolute atomic E-state index is 13.3. The van der Waals surface area contributed by atoms with Gasteiger partial charge in [-0.15, -0.1) is 0 Å². The van der Waals surface area contributed by atoms with Gasteiger partial charge < -0.3 is 10.4 Å². The fourth-order valence-corrected chi connectivity index (χ4v) is 3.87. The predicted molar refractivity (Wildman–Crippen MR) is 123 cm³/mol. The maximum atomic E-state index is 13.3. The topological polar surface area (TPSA) is 62.2 Å². The summed E-state index contributed by atoms with van der Waals surface area (Å²) in [5.74, 6) is -1.09. The van der Waals surface area contributed by atoms with Gasteiger partial charge in [0.05, 0.1) is 33.8 Å². The quantitative estimate of drug-likeness (QED) is 0.271. The average Bonchev–Trinajstić information content (AvgIpc) is 2.83. The summed E-state index contributed by atoms with van der Waals surface area (Å²) in [4.78, 5) is 15.8. The Morgan fingerprint density at radius 1 is 0.861 bits per heavy atom. The van der Waals surface area contributed by atoms with Gasteiger partial charge in [0, 0.05) is 22.0 Å². The first-order valence-electron chi connectivity index (χ1n) is 10.7. The van der Waals surface area contributed by atoms with E-state index < -0.39 is 29.4 Å². The van der Waals surface area contributed by atoms with E-state index in [1.807, 2.05) is 0 Å². The van der Waals surface area contributed by atoms with Gasteiger partial charge in [0.2, 0.25) is 0 Å². The molecule has 0 aliphatic rings. The molecule has 186 valence electrons. The molecule has 0 unspecified atom stereocenters. The Balaban J connectivity index is 1.89. The molecule has 0 saturated carbocycles. The van der Waals surface area contributed by atoms with Crippen molar-refractivity contribution in [3.05, 3.63) is 89.1 Å². The molecule has 0 bridgehead atoms. The second kappa shape index (κ2) is 9.18. The lowest BCUT2D eigenvalue weighted by molar-refractivity contribution is -0.143. The van der Waals surface area contributed by atoms with Gasteiger partial charge in [0.15, 0.2) is 0 Å². The SMILES string of the molecule is CCc1nc(-c2ccc(C(=O)O)cc2)c2ccccc2c1Nc1cc(C(F)(F)F)cc(C(F)(F)F)c1. The normalized spacial score (nSPS) is 12.1. The van der Waals surface area contributed by atoms with Crippen LogP contribution in [0, 0.1) is 0 Å². The molecule has 0 amide bonds. The second-order valence-corrected chi connectivity index (χ2v) is 7.98. The number of benzene rings is 3. The van der Waals surface area contributed by atoms with Crippen LogP contribution >= 0.6 is 0 Å². The summed E-state index contributed by atoms with van der Waals surface area (Å²) in [5, 5.41) is 13.0. The number of aromatic carboxylic acids is 1. The van der Waals surface area contributed by atoms with Gasteiger partial charge in [-0.05, 0) is 36.8 Å². The van der Waals surface area contributed by atoms with Crippen molar-refractivity contribution in [2.45, 2.75) is 25.7 Å². The summed E-state index contributed by atoms with van der Waals surface area (Å²) in [6, 6.07) is 14.2. The Morgan fingerprint density at radius 2 is 1.42 bits per heavy atom. The molecule has 36 heavy (non-hydrogen) atoms. The fraction of sp³-hybridized carbons (Fsp3) is 0.154. The third-order valence-electron chi connectivity index (χ3n) is 5.58. The molecule has 0 saturated heterocycles. The summed E-state index contributed by atoms with van der Waals surface area (Å²) in [6.07, 6.45) is -9.63. The highest BCUT2D eigenvalue weighted by Crippen LogP contribution is 2.40. The van der Waals surface area contributed by atoms with Gasteiger partial charge in [-0.3, -0.25) is 0 Å². The number of hydrogen-bond acceptors (Lipinski definition) is 3. The molecular weight excluding hydrogens is 486 g/mol. The second-order valence-electron chi connectivity index (χ2n) is 7.98. The van der Waals surface area contributed by atoms with Gasteiger partial charge in [-0.25, -0.2) is 9.78 Å². The highest BCUT2D eigenvalue weighted by molar-refractivity contribution is 6.03. The molecule has 0 atom stereocenters. The van der Waals surface area contributed by atoms with Crippen molar-refractivity contribution in [3.8, 4) is 11.3 Å². The van der Waals surface area contributed by atoms with Gasteiger partial charge in [-0.2, -0.15) is 26.3 Å². The predicted octanol–water partition coefficient (Wildman–Crippen LogP) is 7.94. The van der Waals surface area contributed by atoms with Crippen LogP contribution in [0.3, 0.4) is 0 Å². The first-order valence-corrected chi connectivity index (χ1v) is 10.7. The lowest BCUT2D eigenvalue weighted by Crippen LogP contribution is -2.12. The van der Waals surface area contributed by atoms with Gasteiger partial charge >= 0.3 is 18.3 Å². The molecule has 1 aromatic heterocycles. The Kier molecular flexibility index (Phi) is 6.38. The number of carbonyl (C=O) groups is 1. The maximum Gasteiger partial charge on any atom is 0.416 e. The molecule has 3 aromatic carbocycles. The van der Waals surface area contributed by atoms with Crippen LogP contribution in [0.4, 0.5) is 37.7 Å². The van der Waals surface area contributed by atoms with E-state index in [1.54, 1.807) is 43.3 Å². The van der Waals surface area contributed by atoms with Gasteiger partial charge in [-0.1, -0.05) is 43.3 Å². The first-order chi connectivity index (χ1) is 16.9. The van der Waals surface area contributed by atoms with Crippen molar-refractivity contribution in [2.75, 3.05) is 5.32 Å². The number of anilines is 2. The van der Waals surface area contributed by atoms with E-state index in [1.165, 1.54) is 12.1 Å². The summed E-state index contributed by atoms with van der Waals surface area (Å²) < 4.78 is 80.1. The van der Waals surface area contributed by atoms with Crippen LogP contribution in [0.2, 0.25) is 0 Å². The van der Waals surface area contributed by atoms with Crippen molar-refractivity contribution >= 4 is 28.1 Å². The number of hydrogen-bond donors (Lipinski definition) is 2.